The summed E-state index contributed by atoms with van der Waals surface area (Å²) in [5.41, 5.74) is 1.61. The Labute approximate surface area is 170 Å². The molecule has 0 spiro atoms. The first-order chi connectivity index (χ1) is 13.3. The summed E-state index contributed by atoms with van der Waals surface area (Å²) in [6, 6.07) is 12.6. The average Bonchev–Trinajstić information content (AvgIpc) is 3.11. The summed E-state index contributed by atoms with van der Waals surface area (Å²) >= 11 is 0. The van der Waals surface area contributed by atoms with E-state index in [0.717, 1.165) is 31.9 Å². The lowest BCUT2D eigenvalue weighted by Gasteiger charge is -2.34. The van der Waals surface area contributed by atoms with Crippen molar-refractivity contribution >= 4 is 0 Å². The highest BCUT2D eigenvalue weighted by atomic mass is 16.5. The summed E-state index contributed by atoms with van der Waals surface area (Å²) in [7, 11) is 1.74. The van der Waals surface area contributed by atoms with E-state index in [0.29, 0.717) is 12.3 Å². The first-order valence-corrected chi connectivity index (χ1v) is 10.4. The predicted molar refractivity (Wildman–Crippen MR) is 114 cm³/mol. The molecule has 0 radical (unpaired) electrons. The van der Waals surface area contributed by atoms with E-state index in [-0.39, 0.29) is 11.8 Å². The van der Waals surface area contributed by atoms with Crippen molar-refractivity contribution in [2.45, 2.75) is 59.7 Å². The van der Waals surface area contributed by atoms with Gasteiger partial charge >= 0.3 is 0 Å². The van der Waals surface area contributed by atoms with E-state index in [4.69, 9.17) is 9.15 Å². The van der Waals surface area contributed by atoms with E-state index < -0.39 is 5.60 Å². The smallest absolute Gasteiger partial charge is 0.136 e. The van der Waals surface area contributed by atoms with Gasteiger partial charge in [0.05, 0.1) is 6.54 Å². The lowest BCUT2D eigenvalue weighted by molar-refractivity contribution is -0.0711. The van der Waals surface area contributed by atoms with Gasteiger partial charge in [0.25, 0.3) is 0 Å². The zero-order valence-corrected chi connectivity index (χ0v) is 18.4. The van der Waals surface area contributed by atoms with Crippen molar-refractivity contribution in [2.24, 2.45) is 11.8 Å². The first kappa shape index (κ1) is 22.7. The van der Waals surface area contributed by atoms with Crippen molar-refractivity contribution < 1.29 is 14.3 Å². The lowest BCUT2D eigenvalue weighted by atomic mass is 9.78. The zero-order chi connectivity index (χ0) is 20.7. The van der Waals surface area contributed by atoms with Crippen LogP contribution in [-0.2, 0) is 23.4 Å². The van der Waals surface area contributed by atoms with Crippen LogP contribution < -0.4 is 0 Å². The number of nitrogens with zero attached hydrogens (tertiary/aromatic N) is 1. The monoisotopic (exact) mass is 387 g/mol. The van der Waals surface area contributed by atoms with E-state index in [1.54, 1.807) is 7.11 Å². The predicted octanol–water partition coefficient (Wildman–Crippen LogP) is 5.13. The number of benzene rings is 1. The maximum Gasteiger partial charge on any atom is 0.136 e. The first-order valence-electron chi connectivity index (χ1n) is 10.4. The number of rotatable bonds is 11. The van der Waals surface area contributed by atoms with Crippen molar-refractivity contribution in [3.05, 3.63) is 59.0 Å². The second-order valence-electron chi connectivity index (χ2n) is 8.44. The fraction of sp³-hybridized carbons (Fsp3) is 0.583. The molecule has 1 aromatic heterocycles. The van der Waals surface area contributed by atoms with E-state index >= 15 is 0 Å². The van der Waals surface area contributed by atoms with Gasteiger partial charge in [-0.15, -0.1) is 0 Å². The molecule has 0 unspecified atom stereocenters. The molecule has 4 nitrogen and oxygen atoms in total. The minimum Gasteiger partial charge on any atom is -0.462 e. The minimum absolute atomic E-state index is 0.0804. The number of hydrogen-bond acceptors (Lipinski definition) is 4. The van der Waals surface area contributed by atoms with Crippen LogP contribution >= 0.6 is 0 Å². The molecule has 0 fully saturated rings. The summed E-state index contributed by atoms with van der Waals surface area (Å²) in [6.45, 7) is 13.5. The molecule has 0 saturated carbocycles. The third kappa shape index (κ3) is 5.69. The van der Waals surface area contributed by atoms with Crippen LogP contribution in [0.5, 0.6) is 0 Å². The van der Waals surface area contributed by atoms with Gasteiger partial charge in [-0.2, -0.15) is 0 Å². The molecule has 156 valence electrons. The summed E-state index contributed by atoms with van der Waals surface area (Å²) in [5.74, 6) is 1.72. The highest BCUT2D eigenvalue weighted by molar-refractivity contribution is 5.21. The molecule has 1 N–H and O–H groups in total. The van der Waals surface area contributed by atoms with Crippen LogP contribution in [0.4, 0.5) is 0 Å². The van der Waals surface area contributed by atoms with Crippen LogP contribution in [0.15, 0.2) is 40.8 Å². The molecule has 0 saturated heterocycles. The molecule has 0 atom stereocenters. The van der Waals surface area contributed by atoms with Crippen LogP contribution in [0.2, 0.25) is 0 Å². The quantitative estimate of drug-likeness (QED) is 0.543. The molecule has 0 aliphatic carbocycles. The van der Waals surface area contributed by atoms with Crippen molar-refractivity contribution in [3.63, 3.8) is 0 Å². The van der Waals surface area contributed by atoms with E-state index in [9.17, 15) is 5.11 Å². The number of furan rings is 1. The topological polar surface area (TPSA) is 45.8 Å². The molecule has 2 aromatic rings. The van der Waals surface area contributed by atoms with Gasteiger partial charge < -0.3 is 14.3 Å². The molecule has 0 bridgehead atoms. The molecule has 4 heteroatoms. The van der Waals surface area contributed by atoms with Gasteiger partial charge in [-0.25, -0.2) is 0 Å². The molecule has 28 heavy (non-hydrogen) atoms. The van der Waals surface area contributed by atoms with Gasteiger partial charge in [0.15, 0.2) is 0 Å². The van der Waals surface area contributed by atoms with E-state index in [1.807, 2.05) is 39.8 Å². The third-order valence-electron chi connectivity index (χ3n) is 5.55. The summed E-state index contributed by atoms with van der Waals surface area (Å²) in [6.07, 6.45) is 0.970. The minimum atomic E-state index is -0.948. The number of methoxy groups -OCH3 is 1. The molecule has 0 aliphatic rings. The Morgan fingerprint density at radius 2 is 1.64 bits per heavy atom. The van der Waals surface area contributed by atoms with Crippen LogP contribution in [0, 0.1) is 18.8 Å². The molecule has 0 aliphatic heterocycles. The van der Waals surface area contributed by atoms with Gasteiger partial charge in [0, 0.05) is 26.8 Å². The Morgan fingerprint density at radius 3 is 2.21 bits per heavy atom. The Balaban J connectivity index is 2.14. The number of aliphatic hydroxyl groups is 1. The fourth-order valence-corrected chi connectivity index (χ4v) is 3.73. The number of aryl methyl sites for hydroxylation is 1. The largest absolute Gasteiger partial charge is 0.462 e. The molecular weight excluding hydrogens is 350 g/mol. The Bertz CT molecular complexity index is 695. The second-order valence-corrected chi connectivity index (χ2v) is 8.44. The Kier molecular flexibility index (Phi) is 8.29. The van der Waals surface area contributed by atoms with Gasteiger partial charge in [0.2, 0.25) is 0 Å². The van der Waals surface area contributed by atoms with Gasteiger partial charge in [0.1, 0.15) is 17.1 Å². The van der Waals surface area contributed by atoms with Crippen LogP contribution in [0.25, 0.3) is 0 Å². The second kappa shape index (κ2) is 10.2. The normalized spacial score (nSPS) is 12.5. The molecule has 1 heterocycles. The average molecular weight is 388 g/mol. The number of ether oxygens (including phenoxy) is 1. The molecular formula is C24H37NO3. The van der Waals surface area contributed by atoms with E-state index in [2.05, 4.69) is 36.1 Å². The van der Waals surface area contributed by atoms with Crippen molar-refractivity contribution in [1.82, 2.24) is 4.90 Å². The summed E-state index contributed by atoms with van der Waals surface area (Å²) < 4.78 is 11.4. The third-order valence-corrected chi connectivity index (χ3v) is 5.55. The summed E-state index contributed by atoms with van der Waals surface area (Å²) in [4.78, 5) is 2.37. The molecule has 1 aromatic carbocycles. The Morgan fingerprint density at radius 1 is 1.00 bits per heavy atom. The SMILES string of the molecule is COCCCN(Cc1ccc(C)cc1)Cc1ccc(C(O)(C(C)C)C(C)C)o1. The van der Waals surface area contributed by atoms with Crippen molar-refractivity contribution in [1.29, 1.82) is 0 Å². The summed E-state index contributed by atoms with van der Waals surface area (Å²) in [5, 5.41) is 11.2. The van der Waals surface area contributed by atoms with Crippen LogP contribution in [0.3, 0.4) is 0 Å². The molecule has 2 rings (SSSR count). The van der Waals surface area contributed by atoms with Crippen molar-refractivity contribution in [2.75, 3.05) is 20.3 Å². The highest BCUT2D eigenvalue weighted by Crippen LogP contribution is 2.37. The van der Waals surface area contributed by atoms with Crippen LogP contribution in [0.1, 0.15) is 56.8 Å². The lowest BCUT2D eigenvalue weighted by Crippen LogP contribution is -2.37. The van der Waals surface area contributed by atoms with Crippen LogP contribution in [-0.4, -0.2) is 30.3 Å². The van der Waals surface area contributed by atoms with Gasteiger partial charge in [-0.1, -0.05) is 57.5 Å². The molecule has 0 amide bonds. The maximum absolute atomic E-state index is 11.2. The Hall–Kier alpha value is -1.62. The van der Waals surface area contributed by atoms with Gasteiger partial charge in [-0.05, 0) is 42.9 Å². The van der Waals surface area contributed by atoms with Crippen molar-refractivity contribution in [3.8, 4) is 0 Å². The van der Waals surface area contributed by atoms with E-state index in [1.165, 1.54) is 11.1 Å². The standard InChI is InChI=1S/C24H37NO3/c1-18(2)24(26,19(3)4)23-13-12-22(28-23)17-25(14-7-15-27-6)16-21-10-8-20(5)9-11-21/h8-13,18-19,26H,7,14-17H2,1-6H3. The number of hydrogen-bond donors (Lipinski definition) is 1. The zero-order valence-electron chi connectivity index (χ0n) is 18.4. The maximum atomic E-state index is 11.2. The highest BCUT2D eigenvalue weighted by Gasteiger charge is 2.39. The fourth-order valence-electron chi connectivity index (χ4n) is 3.73. The van der Waals surface area contributed by atoms with Gasteiger partial charge in [-0.3, -0.25) is 4.90 Å².